The maximum atomic E-state index is 11.6. The van der Waals surface area contributed by atoms with Crippen LogP contribution < -0.4 is 0 Å². The van der Waals surface area contributed by atoms with E-state index in [1.165, 1.54) is 16.7 Å². The summed E-state index contributed by atoms with van der Waals surface area (Å²) < 4.78 is 5.49. The third kappa shape index (κ3) is 4.49. The molecule has 1 N–H and O–H groups in total. The first-order valence-electron chi connectivity index (χ1n) is 9.41. The van der Waals surface area contributed by atoms with Gasteiger partial charge in [-0.05, 0) is 29.5 Å². The highest BCUT2D eigenvalue weighted by Crippen LogP contribution is 2.31. The fraction of sp³-hybridized carbons (Fsp3) is 0.455. The maximum absolute atomic E-state index is 11.6. The second-order valence-corrected chi connectivity index (χ2v) is 6.89. The van der Waals surface area contributed by atoms with Gasteiger partial charge in [0.2, 0.25) is 0 Å². The van der Waals surface area contributed by atoms with Crippen LogP contribution in [0.3, 0.4) is 0 Å². The molecule has 1 atom stereocenters. The summed E-state index contributed by atoms with van der Waals surface area (Å²) in [6.45, 7) is 5.18. The summed E-state index contributed by atoms with van der Waals surface area (Å²) in [4.78, 5) is 2.22. The van der Waals surface area contributed by atoms with Crippen molar-refractivity contribution in [1.82, 2.24) is 4.90 Å². The molecule has 2 aromatic carbocycles. The Morgan fingerprint density at radius 2 is 1.68 bits per heavy atom. The number of hydrogen-bond donors (Lipinski definition) is 1. The van der Waals surface area contributed by atoms with Crippen LogP contribution in [-0.4, -0.2) is 42.0 Å². The fourth-order valence-electron chi connectivity index (χ4n) is 3.68. The Hall–Kier alpha value is -1.68. The number of rotatable bonds is 7. The Morgan fingerprint density at radius 3 is 2.40 bits per heavy atom. The van der Waals surface area contributed by atoms with Gasteiger partial charge in [-0.2, -0.15) is 0 Å². The van der Waals surface area contributed by atoms with Gasteiger partial charge < -0.3 is 9.84 Å². The van der Waals surface area contributed by atoms with Crippen LogP contribution in [-0.2, 0) is 11.2 Å². The van der Waals surface area contributed by atoms with Crippen LogP contribution in [0.5, 0.6) is 0 Å². The van der Waals surface area contributed by atoms with E-state index < -0.39 is 5.72 Å². The number of ether oxygens (including phenoxy) is 1. The van der Waals surface area contributed by atoms with Crippen LogP contribution >= 0.6 is 0 Å². The Bertz CT molecular complexity index is 652. The predicted molar refractivity (Wildman–Crippen MR) is 102 cm³/mol. The van der Waals surface area contributed by atoms with Gasteiger partial charge in [0.25, 0.3) is 0 Å². The molecule has 3 heteroatoms. The molecule has 3 rings (SSSR count). The minimum Gasteiger partial charge on any atom is -0.379 e. The van der Waals surface area contributed by atoms with Crippen molar-refractivity contribution in [3.8, 4) is 11.1 Å². The number of unbranched alkanes of at least 4 members (excludes halogenated alkanes) is 1. The summed E-state index contributed by atoms with van der Waals surface area (Å²) in [6.07, 6.45) is 3.57. The molecule has 1 aliphatic heterocycles. The lowest BCUT2D eigenvalue weighted by atomic mass is 9.90. The van der Waals surface area contributed by atoms with E-state index in [0.717, 1.165) is 32.4 Å². The van der Waals surface area contributed by atoms with Gasteiger partial charge in [0.15, 0.2) is 0 Å². The van der Waals surface area contributed by atoms with Crippen LogP contribution in [0.4, 0.5) is 0 Å². The Morgan fingerprint density at radius 1 is 1.00 bits per heavy atom. The molecule has 2 aromatic rings. The van der Waals surface area contributed by atoms with Crippen molar-refractivity contribution < 1.29 is 9.84 Å². The molecule has 0 radical (unpaired) electrons. The molecular formula is C22H29NO2. The van der Waals surface area contributed by atoms with E-state index in [0.29, 0.717) is 19.6 Å². The highest BCUT2D eigenvalue weighted by Gasteiger charge is 2.35. The smallest absolute Gasteiger partial charge is 0.122 e. The SMILES string of the molecule is CCCCC(O)(Cc1ccccc1-c1ccccc1)N1CCOCC1. The van der Waals surface area contributed by atoms with E-state index in [-0.39, 0.29) is 0 Å². The first kappa shape index (κ1) is 18.1. The van der Waals surface area contributed by atoms with E-state index in [2.05, 4.69) is 60.4 Å². The van der Waals surface area contributed by atoms with Crippen LogP contribution in [0.2, 0.25) is 0 Å². The third-order valence-corrected chi connectivity index (χ3v) is 5.11. The number of hydrogen-bond acceptors (Lipinski definition) is 3. The third-order valence-electron chi connectivity index (χ3n) is 5.11. The van der Waals surface area contributed by atoms with Gasteiger partial charge in [-0.3, -0.25) is 4.90 Å². The maximum Gasteiger partial charge on any atom is 0.122 e. The zero-order valence-corrected chi connectivity index (χ0v) is 15.2. The molecule has 0 spiro atoms. The first-order valence-corrected chi connectivity index (χ1v) is 9.41. The molecule has 1 aliphatic rings. The molecule has 0 amide bonds. The number of benzene rings is 2. The predicted octanol–water partition coefficient (Wildman–Crippen LogP) is 4.11. The summed E-state index contributed by atoms with van der Waals surface area (Å²) >= 11 is 0. The van der Waals surface area contributed by atoms with Crippen molar-refractivity contribution in [2.45, 2.75) is 38.3 Å². The van der Waals surface area contributed by atoms with Gasteiger partial charge in [-0.1, -0.05) is 67.9 Å². The molecular weight excluding hydrogens is 310 g/mol. The lowest BCUT2D eigenvalue weighted by Gasteiger charge is -2.42. The summed E-state index contributed by atoms with van der Waals surface area (Å²) in [6, 6.07) is 18.9. The van der Waals surface area contributed by atoms with E-state index in [4.69, 9.17) is 4.74 Å². The van der Waals surface area contributed by atoms with Gasteiger partial charge in [0.1, 0.15) is 5.72 Å². The van der Waals surface area contributed by atoms with Crippen molar-refractivity contribution in [3.05, 3.63) is 60.2 Å². The van der Waals surface area contributed by atoms with Crippen molar-refractivity contribution in [2.75, 3.05) is 26.3 Å². The molecule has 1 fully saturated rings. The second-order valence-electron chi connectivity index (χ2n) is 6.89. The number of morpholine rings is 1. The summed E-state index contributed by atoms with van der Waals surface area (Å²) in [5, 5.41) is 11.6. The van der Waals surface area contributed by atoms with E-state index in [1.54, 1.807) is 0 Å². The molecule has 25 heavy (non-hydrogen) atoms. The lowest BCUT2D eigenvalue weighted by molar-refractivity contribution is -0.145. The highest BCUT2D eigenvalue weighted by molar-refractivity contribution is 5.67. The standard InChI is InChI=1S/C22H29NO2/c1-2-3-13-22(24,23-14-16-25-17-15-23)18-20-11-7-8-12-21(20)19-9-5-4-6-10-19/h4-12,24H,2-3,13-18H2,1H3. The fourth-order valence-corrected chi connectivity index (χ4v) is 3.68. The van der Waals surface area contributed by atoms with Crippen molar-refractivity contribution in [1.29, 1.82) is 0 Å². The molecule has 0 aromatic heterocycles. The zero-order valence-electron chi connectivity index (χ0n) is 15.2. The Labute approximate surface area is 151 Å². The number of nitrogens with zero attached hydrogens (tertiary/aromatic N) is 1. The molecule has 3 nitrogen and oxygen atoms in total. The Balaban J connectivity index is 1.89. The van der Waals surface area contributed by atoms with Crippen LogP contribution in [0.1, 0.15) is 31.7 Å². The lowest BCUT2D eigenvalue weighted by Crippen LogP contribution is -2.54. The van der Waals surface area contributed by atoms with Gasteiger partial charge in [0, 0.05) is 19.5 Å². The van der Waals surface area contributed by atoms with Crippen LogP contribution in [0.15, 0.2) is 54.6 Å². The van der Waals surface area contributed by atoms with Gasteiger partial charge in [-0.25, -0.2) is 0 Å². The monoisotopic (exact) mass is 339 g/mol. The molecule has 1 saturated heterocycles. The topological polar surface area (TPSA) is 32.7 Å². The summed E-state index contributed by atoms with van der Waals surface area (Å²) in [5.74, 6) is 0. The minimum absolute atomic E-state index is 0.651. The van der Waals surface area contributed by atoms with Crippen LogP contribution in [0, 0.1) is 0 Å². The summed E-state index contributed by atoms with van der Waals surface area (Å²) in [5.41, 5.74) is 2.83. The molecule has 0 bridgehead atoms. The van der Waals surface area contributed by atoms with E-state index in [1.807, 2.05) is 6.07 Å². The highest BCUT2D eigenvalue weighted by atomic mass is 16.5. The largest absolute Gasteiger partial charge is 0.379 e. The Kier molecular flexibility index (Phi) is 6.24. The van der Waals surface area contributed by atoms with Crippen LogP contribution in [0.25, 0.3) is 11.1 Å². The minimum atomic E-state index is -0.801. The summed E-state index contributed by atoms with van der Waals surface area (Å²) in [7, 11) is 0. The van der Waals surface area contributed by atoms with E-state index in [9.17, 15) is 5.11 Å². The first-order chi connectivity index (χ1) is 12.2. The molecule has 0 aliphatic carbocycles. The zero-order chi connectivity index (χ0) is 17.5. The molecule has 1 unspecified atom stereocenters. The molecule has 134 valence electrons. The molecule has 0 saturated carbocycles. The second kappa shape index (κ2) is 8.61. The molecule has 1 heterocycles. The average Bonchev–Trinajstić information content (AvgIpc) is 2.68. The van der Waals surface area contributed by atoms with Gasteiger partial charge >= 0.3 is 0 Å². The number of aliphatic hydroxyl groups is 1. The average molecular weight is 339 g/mol. The van der Waals surface area contributed by atoms with Crippen molar-refractivity contribution in [3.63, 3.8) is 0 Å². The van der Waals surface area contributed by atoms with Gasteiger partial charge in [-0.15, -0.1) is 0 Å². The van der Waals surface area contributed by atoms with Crippen molar-refractivity contribution in [2.24, 2.45) is 0 Å². The van der Waals surface area contributed by atoms with E-state index >= 15 is 0 Å². The quantitative estimate of drug-likeness (QED) is 0.824. The van der Waals surface area contributed by atoms with Crippen molar-refractivity contribution >= 4 is 0 Å². The van der Waals surface area contributed by atoms with Gasteiger partial charge in [0.05, 0.1) is 13.2 Å². The normalized spacial score (nSPS) is 18.0.